The van der Waals surface area contributed by atoms with E-state index in [9.17, 15) is 4.79 Å². The number of amides is 1. The molecule has 0 aliphatic carbocycles. The van der Waals surface area contributed by atoms with Crippen molar-refractivity contribution in [3.8, 4) is 0 Å². The van der Waals surface area contributed by atoms with Gasteiger partial charge in [-0.05, 0) is 36.6 Å². The minimum atomic E-state index is -0.0686. The standard InChI is InChI=1S/C22H23N3O/c1-4-9-16(3)21-20(17-11-6-5-7-12-17)22(25-23-14-26)19-15(2)10-8-13-18(19)24-21/h4-14,20-21,24H,3H2,1-2H3,(H,23,26)/b9-4-,25-22+. The van der Waals surface area contributed by atoms with Crippen molar-refractivity contribution in [3.05, 3.63) is 89.5 Å². The second kappa shape index (κ2) is 7.83. The van der Waals surface area contributed by atoms with Gasteiger partial charge in [0, 0.05) is 11.3 Å². The van der Waals surface area contributed by atoms with Crippen LogP contribution in [0.3, 0.4) is 0 Å². The van der Waals surface area contributed by atoms with Gasteiger partial charge in [-0.2, -0.15) is 5.10 Å². The van der Waals surface area contributed by atoms with E-state index in [2.05, 4.69) is 47.5 Å². The van der Waals surface area contributed by atoms with E-state index in [0.29, 0.717) is 6.41 Å². The lowest BCUT2D eigenvalue weighted by molar-refractivity contribution is -0.109. The lowest BCUT2D eigenvalue weighted by Gasteiger charge is -2.37. The van der Waals surface area contributed by atoms with E-state index in [1.165, 1.54) is 0 Å². The normalized spacial score (nSPS) is 20.5. The molecule has 1 amide bonds. The Kier molecular flexibility index (Phi) is 5.32. The van der Waals surface area contributed by atoms with Crippen LogP contribution in [0.2, 0.25) is 0 Å². The lowest BCUT2D eigenvalue weighted by Crippen LogP contribution is -2.40. The van der Waals surface area contributed by atoms with Crippen LogP contribution in [0.5, 0.6) is 0 Å². The summed E-state index contributed by atoms with van der Waals surface area (Å²) < 4.78 is 0. The van der Waals surface area contributed by atoms with Crippen LogP contribution in [0.4, 0.5) is 5.69 Å². The summed E-state index contributed by atoms with van der Waals surface area (Å²) in [6.45, 7) is 8.29. The molecule has 0 fully saturated rings. The van der Waals surface area contributed by atoms with E-state index in [1.54, 1.807) is 0 Å². The number of hydrogen-bond acceptors (Lipinski definition) is 3. The highest BCUT2D eigenvalue weighted by Crippen LogP contribution is 2.39. The van der Waals surface area contributed by atoms with Crippen molar-refractivity contribution >= 4 is 17.8 Å². The Morgan fingerprint density at radius 1 is 1.19 bits per heavy atom. The van der Waals surface area contributed by atoms with Gasteiger partial charge in [-0.25, -0.2) is 5.43 Å². The number of aryl methyl sites for hydroxylation is 1. The van der Waals surface area contributed by atoms with Crippen LogP contribution in [-0.4, -0.2) is 18.2 Å². The van der Waals surface area contributed by atoms with Gasteiger partial charge in [0.1, 0.15) is 0 Å². The van der Waals surface area contributed by atoms with Crippen molar-refractivity contribution < 1.29 is 4.79 Å². The van der Waals surface area contributed by atoms with Gasteiger partial charge >= 0.3 is 0 Å². The van der Waals surface area contributed by atoms with Gasteiger partial charge < -0.3 is 5.32 Å². The third-order valence-electron chi connectivity index (χ3n) is 4.64. The Balaban J connectivity index is 2.23. The van der Waals surface area contributed by atoms with Gasteiger partial charge in [-0.3, -0.25) is 4.79 Å². The molecule has 1 aliphatic heterocycles. The number of allylic oxidation sites excluding steroid dienone is 1. The summed E-state index contributed by atoms with van der Waals surface area (Å²) in [5.74, 6) is -0.0686. The first kappa shape index (κ1) is 17.7. The highest BCUT2D eigenvalue weighted by molar-refractivity contribution is 6.12. The highest BCUT2D eigenvalue weighted by Gasteiger charge is 2.36. The third-order valence-corrected chi connectivity index (χ3v) is 4.64. The quantitative estimate of drug-likeness (QED) is 0.486. The fourth-order valence-electron chi connectivity index (χ4n) is 3.55. The van der Waals surface area contributed by atoms with Gasteiger partial charge in [0.05, 0.1) is 17.7 Å². The molecule has 4 nitrogen and oxygen atoms in total. The first-order valence-electron chi connectivity index (χ1n) is 8.67. The summed E-state index contributed by atoms with van der Waals surface area (Å²) in [5, 5.41) is 8.08. The van der Waals surface area contributed by atoms with E-state index < -0.39 is 0 Å². The Hall–Kier alpha value is -3.14. The molecule has 2 atom stereocenters. The smallest absolute Gasteiger partial charge is 0.227 e. The van der Waals surface area contributed by atoms with Crippen LogP contribution in [0.1, 0.15) is 29.5 Å². The molecule has 0 spiro atoms. The van der Waals surface area contributed by atoms with E-state index in [4.69, 9.17) is 0 Å². The number of hydrazone groups is 1. The Morgan fingerprint density at radius 2 is 1.96 bits per heavy atom. The SMILES string of the molecule is C=C(/C=C\C)C1Nc2cccc(C)c2/C(=N\NC=O)C1c1ccccc1. The van der Waals surface area contributed by atoms with E-state index >= 15 is 0 Å². The molecule has 2 aromatic rings. The largest absolute Gasteiger partial charge is 0.377 e. The number of anilines is 1. The van der Waals surface area contributed by atoms with E-state index in [1.807, 2.05) is 49.4 Å². The second-order valence-electron chi connectivity index (χ2n) is 6.33. The van der Waals surface area contributed by atoms with Crippen molar-refractivity contribution in [1.29, 1.82) is 0 Å². The molecular formula is C22H23N3O. The van der Waals surface area contributed by atoms with Crippen molar-refractivity contribution in [2.75, 3.05) is 5.32 Å². The predicted octanol–water partition coefficient (Wildman–Crippen LogP) is 4.16. The van der Waals surface area contributed by atoms with Gasteiger partial charge in [0.15, 0.2) is 0 Å². The summed E-state index contributed by atoms with van der Waals surface area (Å²) in [6.07, 6.45) is 4.60. The first-order chi connectivity index (χ1) is 12.7. The van der Waals surface area contributed by atoms with Crippen LogP contribution in [0.25, 0.3) is 0 Å². The molecule has 0 radical (unpaired) electrons. The maximum absolute atomic E-state index is 10.9. The molecule has 132 valence electrons. The minimum Gasteiger partial charge on any atom is -0.377 e. The maximum atomic E-state index is 10.9. The molecule has 2 N–H and O–H groups in total. The van der Waals surface area contributed by atoms with Crippen LogP contribution >= 0.6 is 0 Å². The number of fused-ring (bicyclic) bond motifs is 1. The summed E-state index contributed by atoms with van der Waals surface area (Å²) in [6, 6.07) is 16.3. The highest BCUT2D eigenvalue weighted by atomic mass is 16.1. The number of nitrogens with one attached hydrogen (secondary N) is 2. The van der Waals surface area contributed by atoms with Crippen LogP contribution in [-0.2, 0) is 4.79 Å². The van der Waals surface area contributed by atoms with Gasteiger partial charge in [0.25, 0.3) is 0 Å². The average Bonchev–Trinajstić information content (AvgIpc) is 2.66. The predicted molar refractivity (Wildman–Crippen MR) is 107 cm³/mol. The van der Waals surface area contributed by atoms with Gasteiger partial charge in [0.2, 0.25) is 6.41 Å². The van der Waals surface area contributed by atoms with E-state index in [-0.39, 0.29) is 12.0 Å². The number of benzene rings is 2. The Morgan fingerprint density at radius 3 is 2.65 bits per heavy atom. The number of carbonyl (C=O) groups excluding carboxylic acids is 1. The molecule has 0 aromatic heterocycles. The molecule has 1 aliphatic rings. The number of carbonyl (C=O) groups is 1. The van der Waals surface area contributed by atoms with Crippen LogP contribution < -0.4 is 10.7 Å². The van der Waals surface area contributed by atoms with Crippen molar-refractivity contribution in [2.45, 2.75) is 25.8 Å². The van der Waals surface area contributed by atoms with Crippen molar-refractivity contribution in [2.24, 2.45) is 5.10 Å². The molecule has 0 saturated heterocycles. The maximum Gasteiger partial charge on any atom is 0.227 e. The van der Waals surface area contributed by atoms with Crippen molar-refractivity contribution in [1.82, 2.24) is 5.43 Å². The fraction of sp³-hybridized carbons (Fsp3) is 0.182. The first-order valence-corrected chi connectivity index (χ1v) is 8.67. The average molecular weight is 345 g/mol. The zero-order valence-corrected chi connectivity index (χ0v) is 15.1. The molecular weight excluding hydrogens is 322 g/mol. The van der Waals surface area contributed by atoms with E-state index in [0.717, 1.165) is 33.7 Å². The molecule has 2 aromatic carbocycles. The van der Waals surface area contributed by atoms with Crippen LogP contribution in [0, 0.1) is 6.92 Å². The lowest BCUT2D eigenvalue weighted by atomic mass is 9.77. The summed E-state index contributed by atoms with van der Waals surface area (Å²) >= 11 is 0. The monoisotopic (exact) mass is 345 g/mol. The minimum absolute atomic E-state index is 0.0601. The Bertz CT molecular complexity index is 868. The second-order valence-corrected chi connectivity index (χ2v) is 6.33. The zero-order chi connectivity index (χ0) is 18.5. The molecule has 3 rings (SSSR count). The molecule has 4 heteroatoms. The zero-order valence-electron chi connectivity index (χ0n) is 15.1. The third kappa shape index (κ3) is 3.31. The topological polar surface area (TPSA) is 53.5 Å². The van der Waals surface area contributed by atoms with Crippen molar-refractivity contribution in [3.63, 3.8) is 0 Å². The summed E-state index contributed by atoms with van der Waals surface area (Å²) in [4.78, 5) is 10.9. The number of nitrogens with zero attached hydrogens (tertiary/aromatic N) is 1. The van der Waals surface area contributed by atoms with Gasteiger partial charge in [-0.1, -0.05) is 61.2 Å². The Labute approximate surface area is 154 Å². The fourth-order valence-corrected chi connectivity index (χ4v) is 3.55. The summed E-state index contributed by atoms with van der Waals surface area (Å²) in [7, 11) is 0. The molecule has 0 saturated carbocycles. The molecule has 2 unspecified atom stereocenters. The molecule has 1 heterocycles. The number of hydrogen-bond donors (Lipinski definition) is 2. The molecule has 0 bridgehead atoms. The summed E-state index contributed by atoms with van der Waals surface area (Å²) in [5.41, 5.74) is 8.57. The van der Waals surface area contributed by atoms with Gasteiger partial charge in [-0.15, -0.1) is 0 Å². The van der Waals surface area contributed by atoms with Crippen LogP contribution in [0.15, 0.2) is 77.9 Å². The molecule has 26 heavy (non-hydrogen) atoms. The number of rotatable bonds is 5.